The summed E-state index contributed by atoms with van der Waals surface area (Å²) in [7, 11) is 1.40. The highest BCUT2D eigenvalue weighted by atomic mass is 32.2. The quantitative estimate of drug-likeness (QED) is 0.496. The first kappa shape index (κ1) is 17.3. The lowest BCUT2D eigenvalue weighted by molar-refractivity contribution is -0.137. The summed E-state index contributed by atoms with van der Waals surface area (Å²) in [4.78, 5) is 20.9. The minimum Gasteiger partial charge on any atom is -0.468 e. The van der Waals surface area contributed by atoms with Crippen LogP contribution in [0.25, 0.3) is 0 Å². The molecular formula is C20H23N3O2S. The molecule has 6 heteroatoms. The lowest BCUT2D eigenvalue weighted by atomic mass is 9.96. The number of carbonyl (C=O) groups is 1. The number of thioether (sulfide) groups is 1. The van der Waals surface area contributed by atoms with Crippen molar-refractivity contribution >= 4 is 23.5 Å². The molecule has 26 heavy (non-hydrogen) atoms. The van der Waals surface area contributed by atoms with Gasteiger partial charge in [0.15, 0.2) is 5.16 Å². The van der Waals surface area contributed by atoms with Crippen molar-refractivity contribution in [2.24, 2.45) is 0 Å². The Bertz CT molecular complexity index is 800. The van der Waals surface area contributed by atoms with Crippen molar-refractivity contribution in [1.29, 1.82) is 0 Å². The number of carbonyl (C=O) groups excluding carboxylic acids is 1. The van der Waals surface area contributed by atoms with Gasteiger partial charge in [0.05, 0.1) is 18.6 Å². The van der Waals surface area contributed by atoms with E-state index in [-0.39, 0.29) is 11.7 Å². The van der Waals surface area contributed by atoms with Crippen molar-refractivity contribution in [3.05, 3.63) is 46.6 Å². The maximum Gasteiger partial charge on any atom is 0.316 e. The van der Waals surface area contributed by atoms with Crippen LogP contribution in [0.5, 0.6) is 0 Å². The standard InChI is InChI=1S/C20H23N3O2S/c1-25-18(24)12-26-20-22-17-9-5-4-8-16(17)19(23-20)21-15-10-13-6-2-3-7-14(13)11-15/h2-3,6-7,15H,4-5,8-12H2,1H3,(H,21,22,23). The Balaban J connectivity index is 1.55. The molecule has 136 valence electrons. The van der Waals surface area contributed by atoms with Gasteiger partial charge in [0.1, 0.15) is 5.82 Å². The number of anilines is 1. The lowest BCUT2D eigenvalue weighted by Crippen LogP contribution is -2.23. The van der Waals surface area contributed by atoms with E-state index in [4.69, 9.17) is 14.7 Å². The Morgan fingerprint density at radius 3 is 2.65 bits per heavy atom. The Morgan fingerprint density at radius 2 is 1.92 bits per heavy atom. The maximum atomic E-state index is 11.4. The molecule has 0 amide bonds. The molecule has 2 aliphatic carbocycles. The first-order valence-electron chi connectivity index (χ1n) is 9.15. The van der Waals surface area contributed by atoms with Gasteiger partial charge in [-0.05, 0) is 49.7 Å². The number of benzene rings is 1. The number of esters is 1. The number of methoxy groups -OCH3 is 1. The highest BCUT2D eigenvalue weighted by molar-refractivity contribution is 7.99. The number of aromatic nitrogens is 2. The van der Waals surface area contributed by atoms with Crippen LogP contribution >= 0.6 is 11.8 Å². The van der Waals surface area contributed by atoms with Gasteiger partial charge in [-0.1, -0.05) is 36.0 Å². The molecule has 2 aromatic rings. The Labute approximate surface area is 158 Å². The summed E-state index contributed by atoms with van der Waals surface area (Å²) < 4.78 is 4.73. The molecule has 0 radical (unpaired) electrons. The molecule has 0 unspecified atom stereocenters. The van der Waals surface area contributed by atoms with Gasteiger partial charge in [0.2, 0.25) is 0 Å². The van der Waals surface area contributed by atoms with E-state index >= 15 is 0 Å². The van der Waals surface area contributed by atoms with Crippen LogP contribution in [-0.2, 0) is 35.2 Å². The summed E-state index contributed by atoms with van der Waals surface area (Å²) in [6.45, 7) is 0. The third-order valence-electron chi connectivity index (χ3n) is 5.10. The van der Waals surface area contributed by atoms with Gasteiger partial charge in [0, 0.05) is 11.6 Å². The van der Waals surface area contributed by atoms with Crippen LogP contribution in [0.1, 0.15) is 35.2 Å². The third-order valence-corrected chi connectivity index (χ3v) is 5.92. The van der Waals surface area contributed by atoms with Crippen LogP contribution in [-0.4, -0.2) is 34.8 Å². The molecule has 4 rings (SSSR count). The molecule has 0 aliphatic heterocycles. The zero-order valence-electron chi connectivity index (χ0n) is 15.0. The van der Waals surface area contributed by atoms with Gasteiger partial charge in [-0.2, -0.15) is 0 Å². The molecule has 0 bridgehead atoms. The van der Waals surface area contributed by atoms with Gasteiger partial charge >= 0.3 is 5.97 Å². The Hall–Kier alpha value is -2.08. The minimum absolute atomic E-state index is 0.240. The van der Waals surface area contributed by atoms with E-state index in [0.29, 0.717) is 11.2 Å². The zero-order chi connectivity index (χ0) is 17.9. The summed E-state index contributed by atoms with van der Waals surface area (Å²) >= 11 is 1.35. The molecule has 0 saturated carbocycles. The molecule has 0 fully saturated rings. The molecular weight excluding hydrogens is 346 g/mol. The summed E-state index contributed by atoms with van der Waals surface area (Å²) in [5, 5.41) is 4.34. The first-order valence-corrected chi connectivity index (χ1v) is 10.1. The number of rotatable bonds is 5. The lowest BCUT2D eigenvalue weighted by Gasteiger charge is -2.22. The van der Waals surface area contributed by atoms with Gasteiger partial charge in [-0.15, -0.1) is 0 Å². The Morgan fingerprint density at radius 1 is 1.19 bits per heavy atom. The number of fused-ring (bicyclic) bond motifs is 2. The van der Waals surface area contributed by atoms with E-state index < -0.39 is 0 Å². The number of aryl methyl sites for hydroxylation is 1. The monoisotopic (exact) mass is 369 g/mol. The Kier molecular flexibility index (Phi) is 5.11. The maximum absolute atomic E-state index is 11.4. The van der Waals surface area contributed by atoms with E-state index in [2.05, 4.69) is 29.6 Å². The predicted octanol–water partition coefficient (Wildman–Crippen LogP) is 3.20. The molecule has 2 aliphatic rings. The van der Waals surface area contributed by atoms with E-state index in [9.17, 15) is 4.79 Å². The van der Waals surface area contributed by atoms with E-state index in [1.54, 1.807) is 0 Å². The minimum atomic E-state index is -0.253. The van der Waals surface area contributed by atoms with Crippen LogP contribution in [0, 0.1) is 0 Å². The van der Waals surface area contributed by atoms with Crippen LogP contribution < -0.4 is 5.32 Å². The SMILES string of the molecule is COC(=O)CSc1nc2c(c(NC3Cc4ccccc4C3)n1)CCCC2. The summed E-state index contributed by atoms with van der Waals surface area (Å²) in [6, 6.07) is 9.01. The van der Waals surface area contributed by atoms with E-state index in [0.717, 1.165) is 37.2 Å². The average Bonchev–Trinajstić information content (AvgIpc) is 3.08. The summed E-state index contributed by atoms with van der Waals surface area (Å²) in [5.41, 5.74) is 5.24. The van der Waals surface area contributed by atoms with E-state index in [1.807, 2.05) is 0 Å². The topological polar surface area (TPSA) is 64.1 Å². The second kappa shape index (κ2) is 7.66. The van der Waals surface area contributed by atoms with Crippen LogP contribution in [0.15, 0.2) is 29.4 Å². The van der Waals surface area contributed by atoms with Crippen LogP contribution in [0.2, 0.25) is 0 Å². The normalized spacial score (nSPS) is 16.0. The number of hydrogen-bond acceptors (Lipinski definition) is 6. The highest BCUT2D eigenvalue weighted by Crippen LogP contribution is 2.31. The molecule has 5 nitrogen and oxygen atoms in total. The van der Waals surface area contributed by atoms with Gasteiger partial charge in [-0.25, -0.2) is 9.97 Å². The molecule has 0 spiro atoms. The van der Waals surface area contributed by atoms with Gasteiger partial charge < -0.3 is 10.1 Å². The predicted molar refractivity (Wildman–Crippen MR) is 103 cm³/mol. The molecule has 0 atom stereocenters. The number of nitrogens with one attached hydrogen (secondary N) is 1. The fourth-order valence-corrected chi connectivity index (χ4v) is 4.49. The molecule has 1 aromatic heterocycles. The van der Waals surface area contributed by atoms with Crippen molar-refractivity contribution < 1.29 is 9.53 Å². The summed E-state index contributed by atoms with van der Waals surface area (Å²) in [6.07, 6.45) is 6.42. The number of hydrogen-bond donors (Lipinski definition) is 1. The first-order chi connectivity index (χ1) is 12.7. The fraction of sp³-hybridized carbons (Fsp3) is 0.450. The second-order valence-corrected chi connectivity index (χ2v) is 7.81. The van der Waals surface area contributed by atoms with Gasteiger partial charge in [0.25, 0.3) is 0 Å². The molecule has 1 heterocycles. The second-order valence-electron chi connectivity index (χ2n) is 6.87. The average molecular weight is 369 g/mol. The van der Waals surface area contributed by atoms with Crippen molar-refractivity contribution in [3.8, 4) is 0 Å². The number of nitrogens with zero attached hydrogens (tertiary/aromatic N) is 2. The van der Waals surface area contributed by atoms with Crippen molar-refractivity contribution in [2.45, 2.75) is 49.7 Å². The summed E-state index contributed by atoms with van der Waals surface area (Å²) in [5.74, 6) is 0.945. The van der Waals surface area contributed by atoms with Crippen LogP contribution in [0.4, 0.5) is 5.82 Å². The highest BCUT2D eigenvalue weighted by Gasteiger charge is 2.24. The van der Waals surface area contributed by atoms with Gasteiger partial charge in [-0.3, -0.25) is 4.79 Å². The molecule has 1 aromatic carbocycles. The largest absolute Gasteiger partial charge is 0.468 e. The van der Waals surface area contributed by atoms with Crippen molar-refractivity contribution in [1.82, 2.24) is 9.97 Å². The fourth-order valence-electron chi connectivity index (χ4n) is 3.79. The van der Waals surface area contributed by atoms with E-state index in [1.165, 1.54) is 48.4 Å². The molecule has 1 N–H and O–H groups in total. The smallest absolute Gasteiger partial charge is 0.316 e. The number of ether oxygens (including phenoxy) is 1. The third kappa shape index (κ3) is 3.70. The van der Waals surface area contributed by atoms with Crippen molar-refractivity contribution in [3.63, 3.8) is 0 Å². The van der Waals surface area contributed by atoms with Crippen molar-refractivity contribution in [2.75, 3.05) is 18.2 Å². The zero-order valence-corrected chi connectivity index (χ0v) is 15.8. The molecule has 0 saturated heterocycles. The van der Waals surface area contributed by atoms with Crippen LogP contribution in [0.3, 0.4) is 0 Å².